The molecule has 1 fully saturated rings. The second-order valence-corrected chi connectivity index (χ2v) is 9.66. The van der Waals surface area contributed by atoms with Crippen LogP contribution in [0.2, 0.25) is 0 Å². The van der Waals surface area contributed by atoms with Crippen LogP contribution in [0.3, 0.4) is 0 Å². The molecule has 1 heterocycles. The van der Waals surface area contributed by atoms with Crippen molar-refractivity contribution in [1.29, 1.82) is 0 Å². The van der Waals surface area contributed by atoms with Gasteiger partial charge >= 0.3 is 0 Å². The fourth-order valence-corrected chi connectivity index (χ4v) is 4.09. The van der Waals surface area contributed by atoms with Gasteiger partial charge in [-0.3, -0.25) is 38.8 Å². The Morgan fingerprint density at radius 1 is 0.400 bits per heavy atom. The van der Waals surface area contributed by atoms with Crippen molar-refractivity contribution in [2.75, 3.05) is 131 Å². The van der Waals surface area contributed by atoms with E-state index in [2.05, 4.69) is 21.3 Å². The minimum atomic E-state index is -0.133. The van der Waals surface area contributed by atoms with E-state index in [1.807, 2.05) is 19.6 Å². The Kier molecular flexibility index (Phi) is 19.8. The number of nitrogens with two attached hydrogens (primary N) is 4. The quantitative estimate of drug-likeness (QED) is 0.0862. The van der Waals surface area contributed by atoms with Crippen LogP contribution in [0.5, 0.6) is 0 Å². The third kappa shape index (κ3) is 17.3. The summed E-state index contributed by atoms with van der Waals surface area (Å²) in [6, 6.07) is 0. The van der Waals surface area contributed by atoms with Crippen molar-refractivity contribution in [3.8, 4) is 0 Å². The van der Waals surface area contributed by atoms with Crippen LogP contribution in [-0.2, 0) is 19.2 Å². The molecule has 0 unspecified atom stereocenters. The Hall–Kier alpha value is -2.44. The Balaban J connectivity index is 3.05. The van der Waals surface area contributed by atoms with E-state index in [-0.39, 0.29) is 49.8 Å². The zero-order valence-electron chi connectivity index (χ0n) is 23.9. The highest BCUT2D eigenvalue weighted by Crippen LogP contribution is 2.01. The van der Waals surface area contributed by atoms with Gasteiger partial charge in [-0.15, -0.1) is 0 Å². The van der Waals surface area contributed by atoms with E-state index in [9.17, 15) is 19.2 Å². The van der Waals surface area contributed by atoms with Crippen molar-refractivity contribution >= 4 is 23.6 Å². The molecule has 0 aromatic heterocycles. The van der Waals surface area contributed by atoms with E-state index in [0.717, 1.165) is 0 Å². The normalized spacial score (nSPS) is 16.9. The first kappa shape index (κ1) is 35.6. The summed E-state index contributed by atoms with van der Waals surface area (Å²) < 4.78 is 0. The standard InChI is InChI=1S/C24H52N12O4/c25-1-5-29-21(37)17-33-9-11-34(18-22(38)30-6-2-26)13-15-36(20-24(40)32-8-4-28)16-14-35(12-10-33)19-23(39)31-7-3-27/h1-20,25-28H2,(H,29,37)(H,30,38)(H,31,39)(H,32,40). The number of rotatable bonds is 16. The summed E-state index contributed by atoms with van der Waals surface area (Å²) in [5.41, 5.74) is 22.1. The topological polar surface area (TPSA) is 233 Å². The van der Waals surface area contributed by atoms with Gasteiger partial charge < -0.3 is 44.2 Å². The molecule has 16 heteroatoms. The molecule has 1 rings (SSSR count). The van der Waals surface area contributed by atoms with E-state index >= 15 is 0 Å². The van der Waals surface area contributed by atoms with Crippen LogP contribution in [0.15, 0.2) is 0 Å². The van der Waals surface area contributed by atoms with E-state index in [0.29, 0.717) is 105 Å². The lowest BCUT2D eigenvalue weighted by Crippen LogP contribution is -2.51. The average Bonchev–Trinajstić information content (AvgIpc) is 2.93. The summed E-state index contributed by atoms with van der Waals surface area (Å²) in [5, 5.41) is 11.2. The van der Waals surface area contributed by atoms with Crippen LogP contribution in [0.4, 0.5) is 0 Å². The molecule has 0 radical (unpaired) electrons. The molecule has 0 aromatic rings. The lowest BCUT2D eigenvalue weighted by Gasteiger charge is -2.33. The van der Waals surface area contributed by atoms with Crippen LogP contribution in [0.1, 0.15) is 0 Å². The highest BCUT2D eigenvalue weighted by atomic mass is 16.2. The van der Waals surface area contributed by atoms with Gasteiger partial charge in [0.15, 0.2) is 0 Å². The molecule has 0 aromatic carbocycles. The molecular formula is C24H52N12O4. The minimum Gasteiger partial charge on any atom is -0.354 e. The first-order chi connectivity index (χ1) is 19.3. The van der Waals surface area contributed by atoms with Crippen LogP contribution in [0, 0.1) is 0 Å². The van der Waals surface area contributed by atoms with Crippen LogP contribution in [0.25, 0.3) is 0 Å². The van der Waals surface area contributed by atoms with E-state index < -0.39 is 0 Å². The van der Waals surface area contributed by atoms with Crippen LogP contribution in [-0.4, -0.2) is 174 Å². The molecule has 40 heavy (non-hydrogen) atoms. The average molecular weight is 573 g/mol. The smallest absolute Gasteiger partial charge is 0.234 e. The molecule has 0 atom stereocenters. The van der Waals surface area contributed by atoms with E-state index in [4.69, 9.17) is 22.9 Å². The first-order valence-electron chi connectivity index (χ1n) is 14.1. The number of amides is 4. The third-order valence-corrected chi connectivity index (χ3v) is 6.26. The molecule has 1 aliphatic rings. The van der Waals surface area contributed by atoms with Crippen LogP contribution >= 0.6 is 0 Å². The van der Waals surface area contributed by atoms with Gasteiger partial charge in [0.1, 0.15) is 0 Å². The monoisotopic (exact) mass is 572 g/mol. The summed E-state index contributed by atoms with van der Waals surface area (Å²) in [6.45, 7) is 7.92. The highest BCUT2D eigenvalue weighted by molar-refractivity contribution is 5.79. The molecule has 1 saturated heterocycles. The summed E-state index contributed by atoms with van der Waals surface area (Å²) in [4.78, 5) is 58.0. The predicted octanol–water partition coefficient (Wildman–Crippen LogP) is -6.49. The highest BCUT2D eigenvalue weighted by Gasteiger charge is 2.21. The molecule has 12 N–H and O–H groups in total. The van der Waals surface area contributed by atoms with Gasteiger partial charge in [-0.1, -0.05) is 0 Å². The third-order valence-electron chi connectivity index (χ3n) is 6.26. The van der Waals surface area contributed by atoms with Gasteiger partial charge in [-0.25, -0.2) is 0 Å². The van der Waals surface area contributed by atoms with Crippen LogP contribution < -0.4 is 44.2 Å². The lowest BCUT2D eigenvalue weighted by atomic mass is 10.3. The maximum atomic E-state index is 12.5. The number of hydrogen-bond donors (Lipinski definition) is 8. The van der Waals surface area contributed by atoms with Crippen molar-refractivity contribution in [2.45, 2.75) is 0 Å². The van der Waals surface area contributed by atoms with Gasteiger partial charge in [0.25, 0.3) is 0 Å². The number of carbonyl (C=O) groups excluding carboxylic acids is 4. The van der Waals surface area contributed by atoms with E-state index in [1.165, 1.54) is 0 Å². The lowest BCUT2D eigenvalue weighted by molar-refractivity contribution is -0.124. The van der Waals surface area contributed by atoms with Crippen molar-refractivity contribution < 1.29 is 19.2 Å². The number of hydrogen-bond acceptors (Lipinski definition) is 12. The number of carbonyl (C=O) groups is 4. The molecule has 1 aliphatic heterocycles. The molecule has 0 spiro atoms. The van der Waals surface area contributed by atoms with Gasteiger partial charge in [-0.2, -0.15) is 0 Å². The summed E-state index contributed by atoms with van der Waals surface area (Å²) >= 11 is 0. The molecular weight excluding hydrogens is 520 g/mol. The number of nitrogens with zero attached hydrogens (tertiary/aromatic N) is 4. The second-order valence-electron chi connectivity index (χ2n) is 9.66. The Bertz CT molecular complexity index is 609. The molecule has 16 nitrogen and oxygen atoms in total. The summed E-state index contributed by atoms with van der Waals surface area (Å²) in [6.07, 6.45) is 0. The largest absolute Gasteiger partial charge is 0.354 e. The zero-order valence-corrected chi connectivity index (χ0v) is 23.9. The van der Waals surface area contributed by atoms with Gasteiger partial charge in [0.2, 0.25) is 23.6 Å². The van der Waals surface area contributed by atoms with Gasteiger partial charge in [0, 0.05) is 105 Å². The Labute approximate surface area is 237 Å². The van der Waals surface area contributed by atoms with Crippen molar-refractivity contribution in [2.24, 2.45) is 22.9 Å². The first-order valence-corrected chi connectivity index (χ1v) is 14.1. The maximum Gasteiger partial charge on any atom is 0.234 e. The molecule has 232 valence electrons. The SMILES string of the molecule is NCCNC(=O)CN1CCN(CC(=O)NCCN)CCN(CC(=O)NCCN)CCN(CC(=O)NCCN)CC1. The van der Waals surface area contributed by atoms with Gasteiger partial charge in [-0.05, 0) is 0 Å². The minimum absolute atomic E-state index is 0.133. The Morgan fingerprint density at radius 2 is 0.575 bits per heavy atom. The maximum absolute atomic E-state index is 12.5. The van der Waals surface area contributed by atoms with Crippen molar-refractivity contribution in [3.63, 3.8) is 0 Å². The molecule has 4 amide bonds. The zero-order chi connectivity index (χ0) is 29.6. The predicted molar refractivity (Wildman–Crippen MR) is 154 cm³/mol. The Morgan fingerprint density at radius 3 is 0.725 bits per heavy atom. The van der Waals surface area contributed by atoms with Crippen molar-refractivity contribution in [3.05, 3.63) is 0 Å². The molecule has 0 aliphatic carbocycles. The fourth-order valence-electron chi connectivity index (χ4n) is 4.09. The fraction of sp³-hybridized carbons (Fsp3) is 0.833. The molecule has 0 saturated carbocycles. The van der Waals surface area contributed by atoms with Gasteiger partial charge in [0.05, 0.1) is 26.2 Å². The summed E-state index contributed by atoms with van der Waals surface area (Å²) in [5.74, 6) is -0.531. The van der Waals surface area contributed by atoms with E-state index in [1.54, 1.807) is 0 Å². The second kappa shape index (κ2) is 22.3. The molecule has 0 bridgehead atoms. The summed E-state index contributed by atoms with van der Waals surface area (Å²) in [7, 11) is 0. The van der Waals surface area contributed by atoms with Crippen molar-refractivity contribution in [1.82, 2.24) is 40.9 Å². The number of nitrogens with one attached hydrogen (secondary N) is 4.